The molecule has 1 aliphatic carbocycles. The minimum absolute atomic E-state index is 0. The van der Waals surface area contributed by atoms with E-state index >= 15 is 0 Å². The van der Waals surface area contributed by atoms with Crippen molar-refractivity contribution in [3.8, 4) is 11.8 Å². The molecule has 3 heteroatoms. The molecule has 0 N–H and O–H groups in total. The quantitative estimate of drug-likeness (QED) is 0.117. The number of fused-ring (bicyclic) bond motifs is 1. The Morgan fingerprint density at radius 3 is 0.553 bits per heavy atom. The van der Waals surface area contributed by atoms with Gasteiger partial charge in [0, 0.05) is 32.2 Å². The van der Waals surface area contributed by atoms with E-state index in [2.05, 4.69) is 194 Å². The van der Waals surface area contributed by atoms with Gasteiger partial charge in [0.1, 0.15) is 0 Å². The monoisotopic (exact) mass is 819 g/mol. The van der Waals surface area contributed by atoms with E-state index in [1.54, 1.807) is 0 Å². The molecule has 0 saturated carbocycles. The molecule has 0 saturated heterocycles. The molecular formula is C44H34P2Pt. The summed E-state index contributed by atoms with van der Waals surface area (Å²) < 4.78 is 0. The zero-order valence-corrected chi connectivity index (χ0v) is 29.9. The van der Waals surface area contributed by atoms with Crippen LogP contribution in [0.3, 0.4) is 0 Å². The van der Waals surface area contributed by atoms with Crippen molar-refractivity contribution in [2.24, 2.45) is 0 Å². The first-order valence-electron chi connectivity index (χ1n) is 15.4. The molecule has 8 rings (SSSR count). The Hall–Kier alpha value is -4.35. The zero-order valence-electron chi connectivity index (χ0n) is 25.8. The largest absolute Gasteiger partial charge is 0.0622 e. The van der Waals surface area contributed by atoms with Gasteiger partial charge >= 0.3 is 0 Å². The van der Waals surface area contributed by atoms with Gasteiger partial charge < -0.3 is 0 Å². The molecule has 230 valence electrons. The molecule has 0 heterocycles. The minimum atomic E-state index is -0.446. The summed E-state index contributed by atoms with van der Waals surface area (Å²) in [4.78, 5) is 0. The van der Waals surface area contributed by atoms with Gasteiger partial charge in [-0.05, 0) is 59.8 Å². The maximum Gasteiger partial charge on any atom is 0.0405 e. The summed E-state index contributed by atoms with van der Waals surface area (Å²) in [5, 5.41) is 8.39. The van der Waals surface area contributed by atoms with Crippen molar-refractivity contribution < 1.29 is 21.1 Å². The fourth-order valence-electron chi connectivity index (χ4n) is 5.13. The molecule has 0 aromatic heterocycles. The third-order valence-corrected chi connectivity index (χ3v) is 12.2. The maximum absolute atomic E-state index is 2.94. The first kappa shape index (κ1) is 34.0. The van der Waals surface area contributed by atoms with E-state index in [1.165, 1.54) is 43.0 Å². The second-order valence-electron chi connectivity index (χ2n) is 10.5. The van der Waals surface area contributed by atoms with Crippen molar-refractivity contribution in [2.75, 3.05) is 0 Å². The first-order valence-corrected chi connectivity index (χ1v) is 18.1. The van der Waals surface area contributed by atoms with E-state index in [4.69, 9.17) is 0 Å². The van der Waals surface area contributed by atoms with E-state index < -0.39 is 15.8 Å². The fraction of sp³-hybridized carbons (Fsp3) is 0. The third kappa shape index (κ3) is 9.36. The first-order chi connectivity index (χ1) is 22.9. The minimum Gasteiger partial charge on any atom is -0.0622 e. The predicted molar refractivity (Wildman–Crippen MR) is 203 cm³/mol. The maximum atomic E-state index is 2.94. The number of benzene rings is 7. The molecule has 0 unspecified atom stereocenters. The van der Waals surface area contributed by atoms with E-state index in [1.807, 2.05) is 24.3 Å². The second-order valence-corrected chi connectivity index (χ2v) is 14.9. The smallest absolute Gasteiger partial charge is 0.0405 e. The van der Waals surface area contributed by atoms with Gasteiger partial charge in [-0.3, -0.25) is 0 Å². The average Bonchev–Trinajstić information content (AvgIpc) is 3.13. The van der Waals surface area contributed by atoms with Crippen molar-refractivity contribution in [1.82, 2.24) is 0 Å². The molecular weight excluding hydrogens is 786 g/mol. The van der Waals surface area contributed by atoms with Gasteiger partial charge in [0.05, 0.1) is 0 Å². The van der Waals surface area contributed by atoms with Crippen LogP contribution in [0.4, 0.5) is 0 Å². The van der Waals surface area contributed by atoms with Gasteiger partial charge in [-0.15, -0.1) is 0 Å². The van der Waals surface area contributed by atoms with Crippen molar-refractivity contribution >= 4 is 47.7 Å². The summed E-state index contributed by atoms with van der Waals surface area (Å²) >= 11 is 0. The molecule has 0 aliphatic heterocycles. The average molecular weight is 820 g/mol. The summed E-state index contributed by atoms with van der Waals surface area (Å²) in [6, 6.07) is 72.7. The summed E-state index contributed by atoms with van der Waals surface area (Å²) in [5.74, 6) is 5.88. The van der Waals surface area contributed by atoms with Crippen molar-refractivity contribution in [1.29, 1.82) is 0 Å². The van der Waals surface area contributed by atoms with Gasteiger partial charge in [-0.2, -0.15) is 0 Å². The Balaban J connectivity index is 0.000000147. The Morgan fingerprint density at radius 2 is 0.404 bits per heavy atom. The third-order valence-electron chi connectivity index (χ3n) is 7.35. The van der Waals surface area contributed by atoms with E-state index in [-0.39, 0.29) is 21.1 Å². The van der Waals surface area contributed by atoms with Crippen LogP contribution in [0.15, 0.2) is 206 Å². The molecule has 0 fully saturated rings. The molecule has 0 bridgehead atoms. The topological polar surface area (TPSA) is 0 Å². The molecule has 0 atom stereocenters. The summed E-state index contributed by atoms with van der Waals surface area (Å²) in [6.45, 7) is 0. The Bertz CT molecular complexity index is 1640. The standard InChI is InChI=1S/2C18H15P.C8H4.Pt/c2*1-4-10-16(11-5-1)19(17-12-6-2-7-13-17)18-14-8-3-9-15-18;1-2-4-8-6-5-7(8)3-1;/h2*1-15H;1-4H;. The molecule has 0 nitrogen and oxygen atoms in total. The van der Waals surface area contributed by atoms with E-state index in [9.17, 15) is 0 Å². The van der Waals surface area contributed by atoms with Gasteiger partial charge in [0.2, 0.25) is 0 Å². The molecule has 0 spiro atoms. The number of hydrogen-bond donors (Lipinski definition) is 0. The van der Waals surface area contributed by atoms with Gasteiger partial charge in [-0.25, -0.2) is 0 Å². The van der Waals surface area contributed by atoms with Crippen LogP contribution < -0.4 is 31.8 Å². The molecule has 47 heavy (non-hydrogen) atoms. The molecule has 7 aromatic carbocycles. The predicted octanol–water partition coefficient (Wildman–Crippen LogP) is 8.29. The van der Waals surface area contributed by atoms with Crippen LogP contribution in [0.25, 0.3) is 0 Å². The van der Waals surface area contributed by atoms with E-state index in [0.29, 0.717) is 0 Å². The van der Waals surface area contributed by atoms with Crippen LogP contribution in [-0.4, -0.2) is 0 Å². The summed E-state index contributed by atoms with van der Waals surface area (Å²) in [7, 11) is -0.892. The summed E-state index contributed by atoms with van der Waals surface area (Å²) in [6.07, 6.45) is 0. The van der Waals surface area contributed by atoms with Gasteiger partial charge in [-0.1, -0.05) is 206 Å². The Morgan fingerprint density at radius 1 is 0.234 bits per heavy atom. The van der Waals surface area contributed by atoms with Crippen molar-refractivity contribution in [3.05, 3.63) is 217 Å². The van der Waals surface area contributed by atoms with Crippen LogP contribution in [0.1, 0.15) is 11.1 Å². The van der Waals surface area contributed by atoms with Gasteiger partial charge in [0.15, 0.2) is 0 Å². The van der Waals surface area contributed by atoms with Crippen LogP contribution in [0, 0.1) is 11.8 Å². The molecule has 1 aliphatic rings. The van der Waals surface area contributed by atoms with Crippen LogP contribution in [0.2, 0.25) is 0 Å². The van der Waals surface area contributed by atoms with Crippen molar-refractivity contribution in [2.45, 2.75) is 0 Å². The zero-order chi connectivity index (χ0) is 31.2. The molecule has 7 aromatic rings. The number of hydrogen-bond acceptors (Lipinski definition) is 0. The summed E-state index contributed by atoms with van der Waals surface area (Å²) in [5.41, 5.74) is 2.38. The second kappa shape index (κ2) is 18.1. The molecule has 0 amide bonds. The number of rotatable bonds is 6. The van der Waals surface area contributed by atoms with Crippen LogP contribution in [-0.2, 0) is 21.1 Å². The van der Waals surface area contributed by atoms with Crippen LogP contribution in [0.5, 0.6) is 0 Å². The normalized spacial score (nSPS) is 10.3. The van der Waals surface area contributed by atoms with E-state index in [0.717, 1.165) is 0 Å². The van der Waals surface area contributed by atoms with Gasteiger partial charge in [0.25, 0.3) is 0 Å². The van der Waals surface area contributed by atoms with Crippen molar-refractivity contribution in [3.63, 3.8) is 0 Å². The molecule has 0 radical (unpaired) electrons. The van der Waals surface area contributed by atoms with Crippen LogP contribution >= 0.6 is 15.8 Å². The SMILES string of the molecule is C1#Cc2ccccc21.[Pt].c1ccc(P(c2ccccc2)c2ccccc2)cc1.c1ccc(P(c2ccccc2)c2ccccc2)cc1. The fourth-order valence-corrected chi connectivity index (χ4v) is 9.74. The Labute approximate surface area is 296 Å². The Kier molecular flexibility index (Phi) is 13.1.